The Morgan fingerprint density at radius 1 is 0.677 bits per heavy atom. The Morgan fingerprint density at radius 3 is 1.45 bits per heavy atom. The summed E-state index contributed by atoms with van der Waals surface area (Å²) in [6.45, 7) is 0. The van der Waals surface area contributed by atoms with Crippen molar-refractivity contribution in [2.45, 2.75) is 0 Å². The number of rotatable bonds is 2. The molecule has 6 rings (SSSR count). The number of hydrogen-bond donors (Lipinski definition) is 2. The predicted octanol–water partition coefficient (Wildman–Crippen LogP) is 5.14. The third-order valence-electron chi connectivity index (χ3n) is 4.13. The number of aromatic amines is 2. The number of nitrogens with one attached hydrogen (secondary N) is 2. The molecule has 0 aliphatic carbocycles. The van der Waals surface area contributed by atoms with Gasteiger partial charge < -0.3 is 15.4 Å². The molecule has 2 aromatic carbocycles. The second-order valence-corrected chi connectivity index (χ2v) is 7.39. The molecule has 0 unspecified atom stereocenters. The number of benzene rings is 2. The van der Waals surface area contributed by atoms with Crippen LogP contribution in [0.4, 0.5) is 0 Å². The molecule has 0 aliphatic heterocycles. The van der Waals surface area contributed by atoms with Crippen LogP contribution in [0.5, 0.6) is 0 Å². The molecule has 4 heterocycles. The normalized spacial score (nSPS) is 10.0. The second kappa shape index (κ2) is 11.1. The van der Waals surface area contributed by atoms with Crippen LogP contribution >= 0.6 is 32.9 Å². The molecule has 0 saturated carbocycles. The van der Waals surface area contributed by atoms with Gasteiger partial charge in [0.2, 0.25) is 0 Å². The van der Waals surface area contributed by atoms with Gasteiger partial charge in [0.25, 0.3) is 0 Å². The zero-order valence-electron chi connectivity index (χ0n) is 15.8. The largest absolute Gasteiger partial charge is 0.457 e. The van der Waals surface area contributed by atoms with Crippen LogP contribution in [0.1, 0.15) is 0 Å². The first-order valence-electron chi connectivity index (χ1n) is 8.65. The van der Waals surface area contributed by atoms with Crippen LogP contribution in [0, 0.1) is 0 Å². The summed E-state index contributed by atoms with van der Waals surface area (Å²) in [4.78, 5) is 23.8. The molecule has 0 saturated heterocycles. The van der Waals surface area contributed by atoms with Crippen molar-refractivity contribution in [2.24, 2.45) is 0 Å². The van der Waals surface area contributed by atoms with Crippen molar-refractivity contribution in [2.75, 3.05) is 0 Å². The van der Waals surface area contributed by atoms with Crippen molar-refractivity contribution in [1.29, 1.82) is 0 Å². The molecule has 7 nitrogen and oxygen atoms in total. The van der Waals surface area contributed by atoms with Gasteiger partial charge >= 0.3 is 24.8 Å². The summed E-state index contributed by atoms with van der Waals surface area (Å²) >= 11 is 6.49. The summed E-state index contributed by atoms with van der Waals surface area (Å²) in [6, 6.07) is 15.9. The third-order valence-corrected chi connectivity index (χ3v) is 5.30. The summed E-state index contributed by atoms with van der Waals surface area (Å²) < 4.78 is 0. The fraction of sp³-hybridized carbons (Fsp3) is 0. The van der Waals surface area contributed by atoms with Crippen LogP contribution in [0.2, 0.25) is 0 Å². The Kier molecular flexibility index (Phi) is 8.28. The van der Waals surface area contributed by atoms with Gasteiger partial charge in [0.15, 0.2) is 11.6 Å². The van der Waals surface area contributed by atoms with E-state index in [-0.39, 0.29) is 5.48 Å². The molecule has 0 amide bonds. The van der Waals surface area contributed by atoms with E-state index in [1.807, 2.05) is 70.3 Å². The average Bonchev–Trinajstić information content (AvgIpc) is 3.60. The van der Waals surface area contributed by atoms with Gasteiger partial charge in [-0.05, 0) is 24.3 Å². The summed E-state index contributed by atoms with van der Waals surface area (Å²) in [6.07, 6.45) is 0. The molecule has 161 valence electrons. The number of thiazole rings is 2. The van der Waals surface area contributed by atoms with Gasteiger partial charge in [0.05, 0.1) is 33.1 Å². The first kappa shape index (κ1) is 23.1. The van der Waals surface area contributed by atoms with Crippen molar-refractivity contribution in [3.8, 4) is 23.0 Å². The molecule has 6 aromatic rings. The van der Waals surface area contributed by atoms with E-state index in [4.69, 9.17) is 0 Å². The minimum absolute atomic E-state index is 0. The summed E-state index contributed by atoms with van der Waals surface area (Å²) in [5, 5.41) is 3.97. The number of halogens is 1. The van der Waals surface area contributed by atoms with Crippen LogP contribution in [0.25, 0.3) is 45.1 Å². The summed E-state index contributed by atoms with van der Waals surface area (Å²) in [5.41, 5.74) is 9.50. The fourth-order valence-electron chi connectivity index (χ4n) is 2.81. The van der Waals surface area contributed by atoms with Crippen molar-refractivity contribution in [1.82, 2.24) is 29.9 Å². The Morgan fingerprint density at radius 2 is 1.10 bits per heavy atom. The van der Waals surface area contributed by atoms with Crippen LogP contribution in [0.3, 0.4) is 0 Å². The van der Waals surface area contributed by atoms with Crippen LogP contribution in [-0.4, -0.2) is 29.9 Å². The topological polar surface area (TPSA) is 116 Å². The number of fused-ring (bicyclic) bond motifs is 2. The van der Waals surface area contributed by atoms with E-state index < -0.39 is 0 Å². The standard InChI is InChI=1S/2C10H7N3S.ClH.Ni.H2O/c2*1-2-4-8-7(3-1)12-10(13-8)9-5-14-6-11-9;;;/h2*1-6H,(H,12,13);1H;;1H2/q;;;+1;. The number of nitrogens with zero attached hydrogens (tertiary/aromatic N) is 4. The van der Waals surface area contributed by atoms with Gasteiger partial charge in [-0.1, -0.05) is 24.3 Å². The molecule has 0 spiro atoms. The molecule has 0 aliphatic rings. The van der Waals surface area contributed by atoms with Crippen LogP contribution in [0.15, 0.2) is 70.3 Å². The predicted molar refractivity (Wildman–Crippen MR) is 125 cm³/mol. The van der Waals surface area contributed by atoms with E-state index in [2.05, 4.69) is 54.7 Å². The van der Waals surface area contributed by atoms with Gasteiger partial charge in [0.1, 0.15) is 11.4 Å². The molecular formula is C20H17ClN6NiOS2+. The number of imidazole rings is 2. The minimum Gasteiger partial charge on any atom is -0.457 e. The van der Waals surface area contributed by atoms with Gasteiger partial charge in [-0.15, -0.1) is 22.7 Å². The molecule has 5 N–H and O–H groups in total. The maximum Gasteiger partial charge on any atom is 0.158 e. The Bertz CT molecular complexity index is 1160. The zero-order chi connectivity index (χ0) is 20.8. The quantitative estimate of drug-likeness (QED) is 0.245. The fourth-order valence-corrected chi connectivity index (χ4v) is 3.88. The SMILES string of the molecule is [Cl][Ni].[OH3+].c1ccc2[nH]c(-c3cscn3)nc2c1.c1ccc2[nH]c(-c3cscn3)nc2c1. The molecule has 4 aromatic heterocycles. The van der Waals surface area contributed by atoms with Crippen LogP contribution < -0.4 is 0 Å². The van der Waals surface area contributed by atoms with Crippen molar-refractivity contribution in [3.63, 3.8) is 0 Å². The maximum atomic E-state index is 4.44. The Balaban J connectivity index is 0.000000158. The molecule has 0 fully saturated rings. The minimum atomic E-state index is 0. The van der Waals surface area contributed by atoms with E-state index in [1.54, 1.807) is 22.7 Å². The maximum absolute atomic E-state index is 4.44. The van der Waals surface area contributed by atoms with Crippen molar-refractivity contribution < 1.29 is 20.0 Å². The van der Waals surface area contributed by atoms with E-state index in [1.165, 1.54) is 0 Å². The smallest absolute Gasteiger partial charge is 0.158 e. The summed E-state index contributed by atoms with van der Waals surface area (Å²) in [7, 11) is 4.26. The number of H-pyrrole nitrogens is 2. The first-order chi connectivity index (χ1) is 14.9. The van der Waals surface area contributed by atoms with E-state index >= 15 is 0 Å². The molecule has 11 heteroatoms. The zero-order valence-corrected chi connectivity index (χ0v) is 19.2. The Labute approximate surface area is 197 Å². The van der Waals surface area contributed by atoms with Crippen LogP contribution in [-0.2, 0) is 20.0 Å². The number of aromatic nitrogens is 6. The number of hydrogen-bond acceptors (Lipinski definition) is 6. The molecule has 0 bridgehead atoms. The molecular weight excluding hydrogens is 499 g/mol. The van der Waals surface area contributed by atoms with Crippen molar-refractivity contribution in [3.05, 3.63) is 70.3 Å². The van der Waals surface area contributed by atoms with Gasteiger partial charge in [0, 0.05) is 10.8 Å². The van der Waals surface area contributed by atoms with E-state index in [9.17, 15) is 0 Å². The third kappa shape index (κ3) is 5.36. The van der Waals surface area contributed by atoms with Gasteiger partial charge in [-0.2, -0.15) is 0 Å². The monoisotopic (exact) mass is 514 g/mol. The summed E-state index contributed by atoms with van der Waals surface area (Å²) in [5.74, 6) is 1.68. The molecule has 0 radical (unpaired) electrons. The molecule has 0 atom stereocenters. The Hall–Kier alpha value is -2.62. The molecule has 31 heavy (non-hydrogen) atoms. The average molecular weight is 516 g/mol. The van der Waals surface area contributed by atoms with Crippen molar-refractivity contribution >= 4 is 54.9 Å². The van der Waals surface area contributed by atoms with E-state index in [0.29, 0.717) is 0 Å². The van der Waals surface area contributed by atoms with Gasteiger partial charge in [-0.25, -0.2) is 19.9 Å². The second-order valence-electron chi connectivity index (χ2n) is 5.95. The number of para-hydroxylation sites is 4. The van der Waals surface area contributed by atoms with Gasteiger partial charge in [-0.3, -0.25) is 0 Å². The first-order valence-corrected chi connectivity index (χ1v) is 11.9. The van der Waals surface area contributed by atoms with E-state index in [0.717, 1.165) is 45.1 Å².